The Morgan fingerprint density at radius 3 is 2.48 bits per heavy atom. The van der Waals surface area contributed by atoms with Crippen molar-refractivity contribution in [2.75, 3.05) is 26.2 Å². The Balaban J connectivity index is 1.41. The zero-order chi connectivity index (χ0) is 14.1. The van der Waals surface area contributed by atoms with E-state index in [-0.39, 0.29) is 0 Å². The summed E-state index contributed by atoms with van der Waals surface area (Å²) in [5.74, 6) is 4.27. The second-order valence-electron chi connectivity index (χ2n) is 8.43. The molecule has 2 saturated carbocycles. The molecule has 2 saturated heterocycles. The van der Waals surface area contributed by atoms with E-state index < -0.39 is 0 Å². The summed E-state index contributed by atoms with van der Waals surface area (Å²) in [6, 6.07) is 0.925. The number of hydrogen-bond acceptors (Lipinski definition) is 2. The first-order valence-corrected chi connectivity index (χ1v) is 9.85. The highest BCUT2D eigenvalue weighted by molar-refractivity contribution is 4.93. The second kappa shape index (κ2) is 6.58. The molecule has 4 rings (SSSR count). The van der Waals surface area contributed by atoms with E-state index in [1.807, 2.05) is 0 Å². The van der Waals surface area contributed by atoms with Gasteiger partial charge in [0.15, 0.2) is 0 Å². The highest BCUT2D eigenvalue weighted by atomic mass is 15.2. The van der Waals surface area contributed by atoms with Crippen LogP contribution in [0.25, 0.3) is 0 Å². The predicted molar refractivity (Wildman–Crippen MR) is 88.4 cm³/mol. The van der Waals surface area contributed by atoms with Crippen molar-refractivity contribution in [2.24, 2.45) is 23.7 Å². The van der Waals surface area contributed by atoms with E-state index in [1.54, 1.807) is 25.7 Å². The molecule has 2 aliphatic heterocycles. The maximum Gasteiger partial charge on any atom is 0.0125 e. The first-order valence-electron chi connectivity index (χ1n) is 9.85. The Morgan fingerprint density at radius 2 is 1.71 bits per heavy atom. The minimum absolute atomic E-state index is 0.925. The van der Waals surface area contributed by atoms with Crippen molar-refractivity contribution >= 4 is 0 Å². The van der Waals surface area contributed by atoms with Crippen molar-refractivity contribution < 1.29 is 0 Å². The SMILES string of the molecule is C1CCC(C2CCNCC2)N(CC2CC3CCC2C3)CC1. The van der Waals surface area contributed by atoms with Crippen LogP contribution in [0.15, 0.2) is 0 Å². The fraction of sp³-hybridized carbons (Fsp3) is 1.00. The summed E-state index contributed by atoms with van der Waals surface area (Å²) in [4.78, 5) is 2.98. The van der Waals surface area contributed by atoms with Gasteiger partial charge in [-0.3, -0.25) is 4.90 Å². The normalized spacial score (nSPS) is 42.3. The Bertz CT molecular complexity index is 336. The van der Waals surface area contributed by atoms with E-state index in [2.05, 4.69) is 10.2 Å². The Kier molecular flexibility index (Phi) is 4.55. The maximum atomic E-state index is 3.56. The lowest BCUT2D eigenvalue weighted by atomic mass is 9.84. The van der Waals surface area contributed by atoms with Crippen LogP contribution < -0.4 is 5.32 Å². The lowest BCUT2D eigenvalue weighted by molar-refractivity contribution is 0.0914. The molecule has 0 amide bonds. The van der Waals surface area contributed by atoms with Gasteiger partial charge in [0.05, 0.1) is 0 Å². The van der Waals surface area contributed by atoms with Gasteiger partial charge in [0.2, 0.25) is 0 Å². The van der Waals surface area contributed by atoms with Crippen LogP contribution in [0.5, 0.6) is 0 Å². The largest absolute Gasteiger partial charge is 0.317 e. The summed E-state index contributed by atoms with van der Waals surface area (Å²) in [5, 5.41) is 3.56. The van der Waals surface area contributed by atoms with Crippen molar-refractivity contribution in [1.29, 1.82) is 0 Å². The molecule has 2 aliphatic carbocycles. The van der Waals surface area contributed by atoms with Gasteiger partial charge >= 0.3 is 0 Å². The van der Waals surface area contributed by atoms with Crippen LogP contribution in [0, 0.1) is 23.7 Å². The molecule has 0 aromatic rings. The van der Waals surface area contributed by atoms with Gasteiger partial charge in [-0.25, -0.2) is 0 Å². The molecule has 0 radical (unpaired) electrons. The number of likely N-dealkylation sites (tertiary alicyclic amines) is 1. The predicted octanol–water partition coefficient (Wildman–Crippen LogP) is 3.67. The fourth-order valence-electron chi connectivity index (χ4n) is 6.08. The van der Waals surface area contributed by atoms with Crippen molar-refractivity contribution in [1.82, 2.24) is 10.2 Å². The zero-order valence-electron chi connectivity index (χ0n) is 13.7. The van der Waals surface area contributed by atoms with Crippen LogP contribution in [-0.2, 0) is 0 Å². The third-order valence-electron chi connectivity index (χ3n) is 7.20. The first kappa shape index (κ1) is 14.5. The summed E-state index contributed by atoms with van der Waals surface area (Å²) in [5.41, 5.74) is 0. The molecule has 2 nitrogen and oxygen atoms in total. The molecule has 0 aromatic heterocycles. The quantitative estimate of drug-likeness (QED) is 0.853. The van der Waals surface area contributed by atoms with Crippen molar-refractivity contribution in [3.8, 4) is 0 Å². The van der Waals surface area contributed by atoms with Crippen LogP contribution in [-0.4, -0.2) is 37.1 Å². The molecule has 4 fully saturated rings. The maximum absolute atomic E-state index is 3.56. The third-order valence-corrected chi connectivity index (χ3v) is 7.20. The van der Waals surface area contributed by atoms with E-state index in [0.29, 0.717) is 0 Å². The molecule has 120 valence electrons. The molecule has 2 heterocycles. The number of nitrogens with one attached hydrogen (secondary N) is 1. The van der Waals surface area contributed by atoms with Crippen LogP contribution >= 0.6 is 0 Å². The Morgan fingerprint density at radius 1 is 0.810 bits per heavy atom. The minimum Gasteiger partial charge on any atom is -0.317 e. The van der Waals surface area contributed by atoms with E-state index in [4.69, 9.17) is 0 Å². The highest BCUT2D eigenvalue weighted by Gasteiger charge is 2.41. The Hall–Kier alpha value is -0.0800. The number of fused-ring (bicyclic) bond motifs is 2. The van der Waals surface area contributed by atoms with Crippen LogP contribution in [0.2, 0.25) is 0 Å². The summed E-state index contributed by atoms with van der Waals surface area (Å²) >= 11 is 0. The van der Waals surface area contributed by atoms with Gasteiger partial charge in [-0.15, -0.1) is 0 Å². The van der Waals surface area contributed by atoms with Gasteiger partial charge in [-0.05, 0) is 88.3 Å². The lowest BCUT2D eigenvalue weighted by Crippen LogP contribution is -2.46. The van der Waals surface area contributed by atoms with Crippen molar-refractivity contribution in [3.05, 3.63) is 0 Å². The van der Waals surface area contributed by atoms with E-state index in [1.165, 1.54) is 64.7 Å². The molecule has 1 N–H and O–H groups in total. The van der Waals surface area contributed by atoms with Gasteiger partial charge in [0, 0.05) is 12.6 Å². The molecule has 21 heavy (non-hydrogen) atoms. The van der Waals surface area contributed by atoms with E-state index >= 15 is 0 Å². The number of nitrogens with zero attached hydrogens (tertiary/aromatic N) is 1. The van der Waals surface area contributed by atoms with Gasteiger partial charge < -0.3 is 5.32 Å². The molecule has 2 bridgehead atoms. The molecule has 0 spiro atoms. The summed E-state index contributed by atoms with van der Waals surface area (Å²) in [7, 11) is 0. The standard InChI is InChI=1S/C19H34N2/c1-2-4-19(16-7-9-20-10-8-16)21(11-3-1)14-18-13-15-5-6-17(18)12-15/h15-20H,1-14H2. The van der Waals surface area contributed by atoms with Gasteiger partial charge in [0.25, 0.3) is 0 Å². The molecular weight excluding hydrogens is 256 g/mol. The van der Waals surface area contributed by atoms with Gasteiger partial charge in [-0.1, -0.05) is 19.3 Å². The van der Waals surface area contributed by atoms with E-state index in [0.717, 1.165) is 29.7 Å². The monoisotopic (exact) mass is 290 g/mol. The van der Waals surface area contributed by atoms with Gasteiger partial charge in [0.1, 0.15) is 0 Å². The molecule has 0 aromatic carbocycles. The van der Waals surface area contributed by atoms with Crippen LogP contribution in [0.1, 0.15) is 64.2 Å². The lowest BCUT2D eigenvalue weighted by Gasteiger charge is -2.40. The molecule has 4 unspecified atom stereocenters. The Labute approximate surface area is 131 Å². The molecule has 2 heteroatoms. The molecular formula is C19H34N2. The topological polar surface area (TPSA) is 15.3 Å². The summed E-state index contributed by atoms with van der Waals surface area (Å²) in [6.07, 6.45) is 15.0. The van der Waals surface area contributed by atoms with Crippen molar-refractivity contribution in [3.63, 3.8) is 0 Å². The van der Waals surface area contributed by atoms with Crippen LogP contribution in [0.3, 0.4) is 0 Å². The first-order chi connectivity index (χ1) is 10.4. The highest BCUT2D eigenvalue weighted by Crippen LogP contribution is 2.49. The fourth-order valence-corrected chi connectivity index (χ4v) is 6.08. The van der Waals surface area contributed by atoms with Crippen LogP contribution in [0.4, 0.5) is 0 Å². The number of piperidine rings is 1. The summed E-state index contributed by atoms with van der Waals surface area (Å²) < 4.78 is 0. The average molecular weight is 290 g/mol. The van der Waals surface area contributed by atoms with Crippen molar-refractivity contribution in [2.45, 2.75) is 70.3 Å². The molecule has 4 aliphatic rings. The van der Waals surface area contributed by atoms with E-state index in [9.17, 15) is 0 Å². The third kappa shape index (κ3) is 3.17. The number of hydrogen-bond donors (Lipinski definition) is 1. The smallest absolute Gasteiger partial charge is 0.0125 e. The summed E-state index contributed by atoms with van der Waals surface area (Å²) in [6.45, 7) is 5.39. The minimum atomic E-state index is 0.925. The van der Waals surface area contributed by atoms with Gasteiger partial charge in [-0.2, -0.15) is 0 Å². The zero-order valence-corrected chi connectivity index (χ0v) is 13.7. The second-order valence-corrected chi connectivity index (χ2v) is 8.43. The number of rotatable bonds is 3. The molecule has 4 atom stereocenters. The average Bonchev–Trinajstić information content (AvgIpc) is 3.06.